The summed E-state index contributed by atoms with van der Waals surface area (Å²) in [4.78, 5) is 0. The Labute approximate surface area is 94.8 Å². The van der Waals surface area contributed by atoms with Gasteiger partial charge in [-0.15, -0.1) is 0 Å². The highest BCUT2D eigenvalue weighted by Gasteiger charge is 2.01. The zero-order valence-corrected chi connectivity index (χ0v) is 9.90. The van der Waals surface area contributed by atoms with Gasteiger partial charge < -0.3 is 5.32 Å². The van der Waals surface area contributed by atoms with Gasteiger partial charge in [-0.05, 0) is 47.4 Å². The first kappa shape index (κ1) is 10.2. The van der Waals surface area contributed by atoms with Crippen LogP contribution in [0.2, 0.25) is 0 Å². The third-order valence-corrected chi connectivity index (χ3v) is 3.26. The Morgan fingerprint density at radius 1 is 1.13 bits per heavy atom. The second-order valence-corrected chi connectivity index (χ2v) is 4.53. The van der Waals surface area contributed by atoms with E-state index in [9.17, 15) is 0 Å². The molecule has 0 aliphatic carbocycles. The second kappa shape index (κ2) is 4.49. The molecule has 0 bridgehead atoms. The molecular weight excluding hydrogens is 202 g/mol. The van der Waals surface area contributed by atoms with Crippen LogP contribution in [0, 0.1) is 13.8 Å². The smallest absolute Gasteiger partial charge is 0.0409 e. The van der Waals surface area contributed by atoms with Gasteiger partial charge >= 0.3 is 0 Å². The van der Waals surface area contributed by atoms with Crippen molar-refractivity contribution < 1.29 is 0 Å². The molecule has 1 nitrogen and oxygen atoms in total. The van der Waals surface area contributed by atoms with E-state index in [-0.39, 0.29) is 0 Å². The van der Waals surface area contributed by atoms with Gasteiger partial charge in [0.1, 0.15) is 0 Å². The SMILES string of the molecule is Cc1cccc(C)c1NCc1ccsc1. The molecule has 0 amide bonds. The Hall–Kier alpha value is -1.28. The van der Waals surface area contributed by atoms with Crippen LogP contribution in [0.5, 0.6) is 0 Å². The van der Waals surface area contributed by atoms with Gasteiger partial charge in [0.05, 0.1) is 0 Å². The quantitative estimate of drug-likeness (QED) is 0.820. The Kier molecular flexibility index (Phi) is 3.07. The number of anilines is 1. The first-order valence-electron chi connectivity index (χ1n) is 5.08. The topological polar surface area (TPSA) is 12.0 Å². The van der Waals surface area contributed by atoms with E-state index in [4.69, 9.17) is 0 Å². The van der Waals surface area contributed by atoms with Crippen LogP contribution in [-0.4, -0.2) is 0 Å². The molecule has 0 radical (unpaired) electrons. The summed E-state index contributed by atoms with van der Waals surface area (Å²) in [5.41, 5.74) is 5.24. The number of nitrogens with one attached hydrogen (secondary N) is 1. The van der Waals surface area contributed by atoms with Gasteiger partial charge in [0.25, 0.3) is 0 Å². The summed E-state index contributed by atoms with van der Waals surface area (Å²) < 4.78 is 0. The third kappa shape index (κ3) is 2.39. The predicted octanol–water partition coefficient (Wildman–Crippen LogP) is 3.98. The predicted molar refractivity (Wildman–Crippen MR) is 67.6 cm³/mol. The summed E-state index contributed by atoms with van der Waals surface area (Å²) in [6.45, 7) is 5.20. The fourth-order valence-electron chi connectivity index (χ4n) is 1.68. The van der Waals surface area contributed by atoms with Gasteiger partial charge in [-0.1, -0.05) is 18.2 Å². The maximum atomic E-state index is 3.49. The molecule has 0 saturated carbocycles. The van der Waals surface area contributed by atoms with Crippen molar-refractivity contribution in [3.63, 3.8) is 0 Å². The lowest BCUT2D eigenvalue weighted by atomic mass is 10.1. The van der Waals surface area contributed by atoms with Crippen molar-refractivity contribution in [1.82, 2.24) is 0 Å². The Morgan fingerprint density at radius 2 is 1.87 bits per heavy atom. The molecule has 2 heteroatoms. The molecule has 0 aliphatic heterocycles. The fraction of sp³-hybridized carbons (Fsp3) is 0.231. The average Bonchev–Trinajstić information content (AvgIpc) is 2.70. The summed E-state index contributed by atoms with van der Waals surface area (Å²) in [5, 5.41) is 7.78. The van der Waals surface area contributed by atoms with Gasteiger partial charge in [-0.2, -0.15) is 11.3 Å². The van der Waals surface area contributed by atoms with Gasteiger partial charge in [-0.25, -0.2) is 0 Å². The summed E-state index contributed by atoms with van der Waals surface area (Å²) in [5.74, 6) is 0. The lowest BCUT2D eigenvalue weighted by molar-refractivity contribution is 1.14. The largest absolute Gasteiger partial charge is 0.381 e. The lowest BCUT2D eigenvalue weighted by Crippen LogP contribution is -2.01. The van der Waals surface area contributed by atoms with E-state index in [0.717, 1.165) is 6.54 Å². The number of hydrogen-bond donors (Lipinski definition) is 1. The van der Waals surface area contributed by atoms with Crippen LogP contribution in [0.4, 0.5) is 5.69 Å². The van der Waals surface area contributed by atoms with Crippen molar-refractivity contribution in [3.05, 3.63) is 51.7 Å². The van der Waals surface area contributed by atoms with E-state index < -0.39 is 0 Å². The van der Waals surface area contributed by atoms with Gasteiger partial charge in [0.15, 0.2) is 0 Å². The molecule has 0 spiro atoms. The van der Waals surface area contributed by atoms with Crippen molar-refractivity contribution in [1.29, 1.82) is 0 Å². The van der Waals surface area contributed by atoms with Crippen molar-refractivity contribution >= 4 is 17.0 Å². The zero-order valence-electron chi connectivity index (χ0n) is 9.08. The van der Waals surface area contributed by atoms with Crippen LogP contribution in [-0.2, 0) is 6.54 Å². The molecule has 1 aromatic heterocycles. The minimum Gasteiger partial charge on any atom is -0.381 e. The van der Waals surface area contributed by atoms with E-state index in [2.05, 4.69) is 54.2 Å². The van der Waals surface area contributed by atoms with E-state index in [1.54, 1.807) is 11.3 Å². The maximum absolute atomic E-state index is 3.49. The number of para-hydroxylation sites is 1. The van der Waals surface area contributed by atoms with Crippen LogP contribution in [0.1, 0.15) is 16.7 Å². The van der Waals surface area contributed by atoms with E-state index >= 15 is 0 Å². The van der Waals surface area contributed by atoms with Gasteiger partial charge in [0, 0.05) is 12.2 Å². The molecule has 0 fully saturated rings. The monoisotopic (exact) mass is 217 g/mol. The number of thiophene rings is 1. The first-order valence-corrected chi connectivity index (χ1v) is 6.03. The summed E-state index contributed by atoms with van der Waals surface area (Å²) >= 11 is 1.74. The standard InChI is InChI=1S/C13H15NS/c1-10-4-3-5-11(2)13(10)14-8-12-6-7-15-9-12/h3-7,9,14H,8H2,1-2H3. The van der Waals surface area contributed by atoms with Crippen molar-refractivity contribution in [2.75, 3.05) is 5.32 Å². The zero-order chi connectivity index (χ0) is 10.7. The molecule has 0 aliphatic rings. The Bertz CT molecular complexity index is 412. The van der Waals surface area contributed by atoms with Crippen LogP contribution >= 0.6 is 11.3 Å². The first-order chi connectivity index (χ1) is 7.27. The summed E-state index contributed by atoms with van der Waals surface area (Å²) in [6.07, 6.45) is 0. The Balaban J connectivity index is 2.11. The van der Waals surface area contributed by atoms with Crippen LogP contribution in [0.15, 0.2) is 35.0 Å². The normalized spacial score (nSPS) is 10.3. The molecule has 2 rings (SSSR count). The highest BCUT2D eigenvalue weighted by Crippen LogP contribution is 2.20. The number of aryl methyl sites for hydroxylation is 2. The molecule has 15 heavy (non-hydrogen) atoms. The molecule has 0 atom stereocenters. The molecular formula is C13H15NS. The molecule has 1 heterocycles. The molecule has 1 N–H and O–H groups in total. The average molecular weight is 217 g/mol. The third-order valence-electron chi connectivity index (χ3n) is 2.53. The number of benzene rings is 1. The van der Waals surface area contributed by atoms with Crippen molar-refractivity contribution in [3.8, 4) is 0 Å². The van der Waals surface area contributed by atoms with Crippen LogP contribution < -0.4 is 5.32 Å². The molecule has 1 aromatic carbocycles. The van der Waals surface area contributed by atoms with E-state index in [1.807, 2.05) is 0 Å². The minimum atomic E-state index is 0.912. The maximum Gasteiger partial charge on any atom is 0.0409 e. The van der Waals surface area contributed by atoms with Gasteiger partial charge in [0.2, 0.25) is 0 Å². The van der Waals surface area contributed by atoms with E-state index in [0.29, 0.717) is 0 Å². The second-order valence-electron chi connectivity index (χ2n) is 3.75. The molecule has 0 unspecified atom stereocenters. The van der Waals surface area contributed by atoms with Gasteiger partial charge in [-0.3, -0.25) is 0 Å². The summed E-state index contributed by atoms with van der Waals surface area (Å²) in [7, 11) is 0. The number of rotatable bonds is 3. The Morgan fingerprint density at radius 3 is 2.47 bits per heavy atom. The summed E-state index contributed by atoms with van der Waals surface area (Å²) in [6, 6.07) is 8.54. The molecule has 2 aromatic rings. The molecule has 0 saturated heterocycles. The van der Waals surface area contributed by atoms with Crippen molar-refractivity contribution in [2.24, 2.45) is 0 Å². The fourth-order valence-corrected chi connectivity index (χ4v) is 2.35. The van der Waals surface area contributed by atoms with Crippen LogP contribution in [0.25, 0.3) is 0 Å². The number of hydrogen-bond acceptors (Lipinski definition) is 2. The lowest BCUT2D eigenvalue weighted by Gasteiger charge is -2.11. The minimum absolute atomic E-state index is 0.912. The molecule has 78 valence electrons. The highest BCUT2D eigenvalue weighted by molar-refractivity contribution is 7.07. The van der Waals surface area contributed by atoms with E-state index in [1.165, 1.54) is 22.4 Å². The van der Waals surface area contributed by atoms with Crippen LogP contribution in [0.3, 0.4) is 0 Å². The highest BCUT2D eigenvalue weighted by atomic mass is 32.1. The van der Waals surface area contributed by atoms with Crippen molar-refractivity contribution in [2.45, 2.75) is 20.4 Å².